The van der Waals surface area contributed by atoms with Crippen molar-refractivity contribution in [2.24, 2.45) is 0 Å². The predicted octanol–water partition coefficient (Wildman–Crippen LogP) is 2.69. The number of rotatable bonds is 7. The first-order valence-electron chi connectivity index (χ1n) is 7.80. The minimum absolute atomic E-state index is 0.0103. The summed E-state index contributed by atoms with van der Waals surface area (Å²) in [6.07, 6.45) is 0. The van der Waals surface area contributed by atoms with Gasteiger partial charge in [0.25, 0.3) is 5.56 Å². The Hall–Kier alpha value is -0.900. The molecule has 2 aromatic rings. The van der Waals surface area contributed by atoms with E-state index in [9.17, 15) is 13.2 Å². The van der Waals surface area contributed by atoms with E-state index in [1.54, 1.807) is 11.5 Å². The maximum Gasteiger partial charge on any atom is 0.263 e. The highest BCUT2D eigenvalue weighted by molar-refractivity contribution is 7.99. The lowest BCUT2D eigenvalue weighted by molar-refractivity contribution is 0.519. The van der Waals surface area contributed by atoms with Crippen LogP contribution in [0.2, 0.25) is 0 Å². The molecule has 0 aliphatic rings. The van der Waals surface area contributed by atoms with E-state index in [2.05, 4.69) is 9.71 Å². The number of thioether (sulfide) groups is 1. The van der Waals surface area contributed by atoms with Gasteiger partial charge in [0.05, 0.1) is 11.1 Å². The van der Waals surface area contributed by atoms with Gasteiger partial charge < -0.3 is 0 Å². The Morgan fingerprint density at radius 2 is 2.00 bits per heavy atom. The third-order valence-corrected chi connectivity index (χ3v) is 7.21. The predicted molar refractivity (Wildman–Crippen MR) is 102 cm³/mol. The van der Waals surface area contributed by atoms with Crippen molar-refractivity contribution in [3.8, 4) is 0 Å². The molecule has 0 aliphatic carbocycles. The third kappa shape index (κ3) is 4.01. The topological polar surface area (TPSA) is 81.1 Å². The molecule has 0 fully saturated rings. The van der Waals surface area contributed by atoms with Gasteiger partial charge in [-0.2, -0.15) is 0 Å². The third-order valence-electron chi connectivity index (χ3n) is 3.75. The molecule has 0 spiro atoms. The maximum absolute atomic E-state index is 12.9. The van der Waals surface area contributed by atoms with E-state index in [0.29, 0.717) is 22.8 Å². The average Bonchev–Trinajstić information content (AvgIpc) is 2.78. The van der Waals surface area contributed by atoms with Crippen LogP contribution in [0.5, 0.6) is 0 Å². The molecule has 0 saturated carbocycles. The Labute approximate surface area is 150 Å². The summed E-state index contributed by atoms with van der Waals surface area (Å²) < 4.78 is 27.2. The number of hydrogen-bond acceptors (Lipinski definition) is 6. The summed E-state index contributed by atoms with van der Waals surface area (Å²) in [5.74, 6) is 0.583. The van der Waals surface area contributed by atoms with Crippen molar-refractivity contribution in [3.05, 3.63) is 20.8 Å². The Kier molecular flexibility index (Phi) is 6.11. The van der Waals surface area contributed by atoms with Crippen molar-refractivity contribution in [2.45, 2.75) is 45.8 Å². The van der Waals surface area contributed by atoms with Crippen LogP contribution in [0, 0.1) is 13.8 Å². The van der Waals surface area contributed by atoms with Gasteiger partial charge in [-0.1, -0.05) is 11.8 Å². The first-order valence-corrected chi connectivity index (χ1v) is 11.3. The minimum Gasteiger partial charge on any atom is -0.284 e. The van der Waals surface area contributed by atoms with E-state index in [1.807, 2.05) is 27.7 Å². The molecule has 0 radical (unpaired) electrons. The summed E-state index contributed by atoms with van der Waals surface area (Å²) in [5, 5.41) is 1.33. The number of sulfonamides is 1. The first-order chi connectivity index (χ1) is 11.2. The van der Waals surface area contributed by atoms with Crippen LogP contribution in [0.25, 0.3) is 10.2 Å². The van der Waals surface area contributed by atoms with Crippen LogP contribution in [-0.4, -0.2) is 36.0 Å². The van der Waals surface area contributed by atoms with Crippen LogP contribution in [-0.2, 0) is 10.0 Å². The number of nitrogens with one attached hydrogen (secondary N) is 1. The van der Waals surface area contributed by atoms with Crippen molar-refractivity contribution in [1.29, 1.82) is 0 Å². The van der Waals surface area contributed by atoms with E-state index in [4.69, 9.17) is 0 Å². The first kappa shape index (κ1) is 19.4. The van der Waals surface area contributed by atoms with Crippen molar-refractivity contribution in [1.82, 2.24) is 14.3 Å². The fourth-order valence-electron chi connectivity index (χ4n) is 2.29. The average molecular weight is 390 g/mol. The van der Waals surface area contributed by atoms with Gasteiger partial charge in [-0.3, -0.25) is 9.36 Å². The van der Waals surface area contributed by atoms with E-state index in [0.717, 1.165) is 15.3 Å². The highest BCUT2D eigenvalue weighted by atomic mass is 32.2. The standard InChI is InChI=1S/C15H23N3O3S3/c1-6-24(20,21)16-7-8-22-15-17-13-12(10(4)11(5)23-13)14(19)18(15)9(2)3/h9,16H,6-8H2,1-5H3. The zero-order valence-corrected chi connectivity index (χ0v) is 17.0. The molecule has 134 valence electrons. The van der Waals surface area contributed by atoms with Gasteiger partial charge in [-0.05, 0) is 40.2 Å². The summed E-state index contributed by atoms with van der Waals surface area (Å²) in [4.78, 5) is 19.4. The molecule has 0 aromatic carbocycles. The lowest BCUT2D eigenvalue weighted by Crippen LogP contribution is -2.28. The SMILES string of the molecule is CCS(=O)(=O)NCCSc1nc2sc(C)c(C)c2c(=O)n1C(C)C. The molecule has 0 aliphatic heterocycles. The van der Waals surface area contributed by atoms with Crippen LogP contribution < -0.4 is 10.3 Å². The fraction of sp³-hybridized carbons (Fsp3) is 0.600. The maximum atomic E-state index is 12.9. The molecule has 0 unspecified atom stereocenters. The van der Waals surface area contributed by atoms with Gasteiger partial charge in [0.1, 0.15) is 4.83 Å². The van der Waals surface area contributed by atoms with Crippen LogP contribution in [0.1, 0.15) is 37.3 Å². The van der Waals surface area contributed by atoms with E-state index < -0.39 is 10.0 Å². The van der Waals surface area contributed by atoms with Crippen LogP contribution in [0.4, 0.5) is 0 Å². The van der Waals surface area contributed by atoms with E-state index in [1.165, 1.54) is 23.1 Å². The molecule has 2 aromatic heterocycles. The van der Waals surface area contributed by atoms with Crippen molar-refractivity contribution in [3.63, 3.8) is 0 Å². The lowest BCUT2D eigenvalue weighted by atomic mass is 10.2. The van der Waals surface area contributed by atoms with E-state index >= 15 is 0 Å². The monoisotopic (exact) mass is 389 g/mol. The zero-order chi connectivity index (χ0) is 18.1. The van der Waals surface area contributed by atoms with Gasteiger partial charge >= 0.3 is 0 Å². The highest BCUT2D eigenvalue weighted by Gasteiger charge is 2.18. The molecule has 6 nitrogen and oxygen atoms in total. The fourth-order valence-corrected chi connectivity index (χ4v) is 5.09. The molecule has 9 heteroatoms. The molecule has 2 heterocycles. The van der Waals surface area contributed by atoms with Crippen LogP contribution in [0.3, 0.4) is 0 Å². The van der Waals surface area contributed by atoms with Gasteiger partial charge in [-0.15, -0.1) is 11.3 Å². The number of aromatic nitrogens is 2. The summed E-state index contributed by atoms with van der Waals surface area (Å²) >= 11 is 2.93. The summed E-state index contributed by atoms with van der Waals surface area (Å²) in [6, 6.07) is -0.0103. The van der Waals surface area contributed by atoms with Gasteiger partial charge in [0, 0.05) is 23.2 Å². The molecule has 0 saturated heterocycles. The molecular formula is C15H23N3O3S3. The second-order valence-electron chi connectivity index (χ2n) is 5.77. The van der Waals surface area contributed by atoms with Gasteiger partial charge in [-0.25, -0.2) is 18.1 Å². The molecule has 0 atom stereocenters. The smallest absolute Gasteiger partial charge is 0.263 e. The van der Waals surface area contributed by atoms with Gasteiger partial charge in [0.2, 0.25) is 10.0 Å². The largest absolute Gasteiger partial charge is 0.284 e. The summed E-state index contributed by atoms with van der Waals surface area (Å²) in [6.45, 7) is 9.76. The van der Waals surface area contributed by atoms with Crippen molar-refractivity contribution < 1.29 is 8.42 Å². The number of nitrogens with zero attached hydrogens (tertiary/aromatic N) is 2. The van der Waals surface area contributed by atoms with Crippen LogP contribution >= 0.6 is 23.1 Å². The molecule has 24 heavy (non-hydrogen) atoms. The molecule has 0 amide bonds. The molecule has 2 rings (SSSR count). The molecule has 1 N–H and O–H groups in total. The number of aryl methyl sites for hydroxylation is 2. The number of thiophene rings is 1. The van der Waals surface area contributed by atoms with E-state index in [-0.39, 0.29) is 17.4 Å². The number of hydrogen-bond donors (Lipinski definition) is 1. The Balaban J connectivity index is 2.32. The Bertz CT molecular complexity index is 898. The highest BCUT2D eigenvalue weighted by Crippen LogP contribution is 2.29. The minimum atomic E-state index is -3.20. The van der Waals surface area contributed by atoms with Crippen molar-refractivity contribution in [2.75, 3.05) is 18.1 Å². The Morgan fingerprint density at radius 3 is 2.58 bits per heavy atom. The van der Waals surface area contributed by atoms with Crippen molar-refractivity contribution >= 4 is 43.3 Å². The summed E-state index contributed by atoms with van der Waals surface area (Å²) in [7, 11) is -3.20. The zero-order valence-electron chi connectivity index (χ0n) is 14.5. The normalized spacial score (nSPS) is 12.4. The quantitative estimate of drug-likeness (QED) is 0.447. The number of fused-ring (bicyclic) bond motifs is 1. The second-order valence-corrected chi connectivity index (χ2v) is 10.1. The molecular weight excluding hydrogens is 366 g/mol. The lowest BCUT2D eigenvalue weighted by Gasteiger charge is -2.15. The Morgan fingerprint density at radius 1 is 1.33 bits per heavy atom. The second kappa shape index (κ2) is 7.55. The van der Waals surface area contributed by atoms with Crippen LogP contribution in [0.15, 0.2) is 9.95 Å². The summed E-state index contributed by atoms with van der Waals surface area (Å²) in [5.41, 5.74) is 0.975. The molecule has 0 bridgehead atoms. The van der Waals surface area contributed by atoms with Gasteiger partial charge in [0.15, 0.2) is 5.16 Å².